The quantitative estimate of drug-likeness (QED) is 0.283. The summed E-state index contributed by atoms with van der Waals surface area (Å²) in [6, 6.07) is 7.94. The van der Waals surface area contributed by atoms with Gasteiger partial charge >= 0.3 is 6.18 Å². The molecule has 1 unspecified atom stereocenters. The fourth-order valence-electron chi connectivity index (χ4n) is 3.37. The Hall–Kier alpha value is -3.05. The molecule has 2 aliphatic heterocycles. The zero-order valence-corrected chi connectivity index (χ0v) is 17.6. The molecular weight excluding hydrogens is 468 g/mol. The van der Waals surface area contributed by atoms with Gasteiger partial charge in [-0.25, -0.2) is 9.29 Å². The van der Waals surface area contributed by atoms with E-state index in [1.807, 2.05) is 0 Å². The number of rotatable bonds is 3. The second kappa shape index (κ2) is 8.14. The van der Waals surface area contributed by atoms with E-state index in [4.69, 9.17) is 12.2 Å². The standard InChI is InChI=1S/C21H12F4N2O3S2/c22-13-6-4-11(5-7-13)8-16-19(30)27(20(31)32-16)15-10-17(28)26(18(15)29)14-3-1-2-12(9-14)21(23,24)25/h1-9,15H,10H2/b16-8-. The molecule has 0 N–H and O–H groups in total. The number of nitrogens with zero attached hydrogens (tertiary/aromatic N) is 2. The maximum atomic E-state index is 13.1. The fraction of sp³-hybridized carbons (Fsp3) is 0.143. The molecule has 2 aliphatic rings. The van der Waals surface area contributed by atoms with Gasteiger partial charge in [0.25, 0.3) is 11.8 Å². The van der Waals surface area contributed by atoms with Crippen molar-refractivity contribution in [2.75, 3.05) is 4.90 Å². The van der Waals surface area contributed by atoms with Crippen molar-refractivity contribution >= 4 is 57.8 Å². The molecule has 2 heterocycles. The number of carbonyl (C=O) groups excluding carboxylic acids is 3. The average Bonchev–Trinajstić information content (AvgIpc) is 3.17. The Morgan fingerprint density at radius 3 is 2.41 bits per heavy atom. The highest BCUT2D eigenvalue weighted by Crippen LogP contribution is 2.38. The summed E-state index contributed by atoms with van der Waals surface area (Å²) in [5.74, 6) is -2.63. The SMILES string of the molecule is O=C1CC(N2C(=O)/C(=C/c3ccc(F)cc3)SC2=S)C(=O)N1c1cccc(C(F)(F)F)c1. The summed E-state index contributed by atoms with van der Waals surface area (Å²) in [6.07, 6.45) is -3.58. The number of hydrogen-bond donors (Lipinski definition) is 0. The molecular formula is C21H12F4N2O3S2. The highest BCUT2D eigenvalue weighted by Gasteiger charge is 2.49. The van der Waals surface area contributed by atoms with Gasteiger partial charge in [-0.2, -0.15) is 13.2 Å². The molecule has 0 radical (unpaired) electrons. The number of hydrogen-bond acceptors (Lipinski definition) is 5. The summed E-state index contributed by atoms with van der Waals surface area (Å²) in [6.45, 7) is 0. The van der Waals surface area contributed by atoms with Crippen molar-refractivity contribution in [1.82, 2.24) is 4.90 Å². The van der Waals surface area contributed by atoms with E-state index >= 15 is 0 Å². The van der Waals surface area contributed by atoms with Crippen molar-refractivity contribution in [2.45, 2.75) is 18.6 Å². The first-order valence-electron chi connectivity index (χ1n) is 9.13. The topological polar surface area (TPSA) is 57.7 Å². The Kier molecular flexibility index (Phi) is 5.63. The largest absolute Gasteiger partial charge is 0.416 e. The van der Waals surface area contributed by atoms with Crippen molar-refractivity contribution < 1.29 is 31.9 Å². The maximum Gasteiger partial charge on any atom is 0.416 e. The van der Waals surface area contributed by atoms with Gasteiger partial charge in [0.2, 0.25) is 5.91 Å². The molecule has 2 fully saturated rings. The van der Waals surface area contributed by atoms with E-state index in [9.17, 15) is 31.9 Å². The zero-order chi connectivity index (χ0) is 23.2. The smallest absolute Gasteiger partial charge is 0.280 e. The van der Waals surface area contributed by atoms with E-state index in [1.54, 1.807) is 0 Å². The predicted molar refractivity (Wildman–Crippen MR) is 114 cm³/mol. The van der Waals surface area contributed by atoms with Gasteiger partial charge in [-0.15, -0.1) is 0 Å². The third kappa shape index (κ3) is 4.05. The molecule has 4 rings (SSSR count). The van der Waals surface area contributed by atoms with Crippen LogP contribution in [0.4, 0.5) is 23.2 Å². The third-order valence-electron chi connectivity index (χ3n) is 4.86. The number of imide groups is 1. The van der Waals surface area contributed by atoms with Crippen molar-refractivity contribution in [1.29, 1.82) is 0 Å². The summed E-state index contributed by atoms with van der Waals surface area (Å²) >= 11 is 6.14. The highest BCUT2D eigenvalue weighted by atomic mass is 32.2. The fourth-order valence-corrected chi connectivity index (χ4v) is 4.73. The lowest BCUT2D eigenvalue weighted by Gasteiger charge is -2.21. The van der Waals surface area contributed by atoms with Gasteiger partial charge < -0.3 is 0 Å². The average molecular weight is 480 g/mol. The minimum absolute atomic E-state index is 0.0420. The Morgan fingerprint density at radius 1 is 1.06 bits per heavy atom. The molecule has 0 aliphatic carbocycles. The van der Waals surface area contributed by atoms with Gasteiger partial charge in [-0.3, -0.25) is 19.3 Å². The number of benzene rings is 2. The van der Waals surface area contributed by atoms with Gasteiger partial charge in [-0.1, -0.05) is 42.2 Å². The van der Waals surface area contributed by atoms with Crippen LogP contribution >= 0.6 is 24.0 Å². The van der Waals surface area contributed by atoms with Gasteiger partial charge in [0, 0.05) is 0 Å². The van der Waals surface area contributed by atoms with Gasteiger partial charge in [0.05, 0.1) is 22.6 Å². The van der Waals surface area contributed by atoms with Crippen LogP contribution in [0.15, 0.2) is 53.4 Å². The van der Waals surface area contributed by atoms with Gasteiger partial charge in [-0.05, 0) is 42.0 Å². The van der Waals surface area contributed by atoms with Crippen molar-refractivity contribution in [3.05, 3.63) is 70.4 Å². The number of amides is 3. The first-order chi connectivity index (χ1) is 15.1. The number of carbonyl (C=O) groups is 3. The number of thiocarbonyl (C=S) groups is 1. The monoisotopic (exact) mass is 480 g/mol. The van der Waals surface area contributed by atoms with Crippen LogP contribution in [-0.4, -0.2) is 33.0 Å². The molecule has 0 spiro atoms. The molecule has 2 aromatic carbocycles. The van der Waals surface area contributed by atoms with Crippen LogP contribution in [-0.2, 0) is 20.6 Å². The Labute approximate surface area is 188 Å². The van der Waals surface area contributed by atoms with E-state index in [0.717, 1.165) is 28.8 Å². The summed E-state index contributed by atoms with van der Waals surface area (Å²) in [4.78, 5) is 40.2. The number of anilines is 1. The van der Waals surface area contributed by atoms with E-state index in [-0.39, 0.29) is 14.9 Å². The van der Waals surface area contributed by atoms with Crippen molar-refractivity contribution in [3.8, 4) is 0 Å². The second-order valence-corrected chi connectivity index (χ2v) is 8.61. The summed E-state index contributed by atoms with van der Waals surface area (Å²) < 4.78 is 52.2. The van der Waals surface area contributed by atoms with Crippen LogP contribution in [0.25, 0.3) is 6.08 Å². The second-order valence-electron chi connectivity index (χ2n) is 6.94. The Morgan fingerprint density at radius 2 is 1.75 bits per heavy atom. The van der Waals surface area contributed by atoms with E-state index < -0.39 is 47.7 Å². The predicted octanol–water partition coefficient (Wildman–Crippen LogP) is 4.38. The first kappa shape index (κ1) is 22.2. The molecule has 0 saturated carbocycles. The Bertz CT molecular complexity index is 1180. The van der Waals surface area contributed by atoms with Crippen molar-refractivity contribution in [2.24, 2.45) is 0 Å². The highest BCUT2D eigenvalue weighted by molar-refractivity contribution is 8.26. The van der Waals surface area contributed by atoms with E-state index in [2.05, 4.69) is 0 Å². The van der Waals surface area contributed by atoms with Crippen LogP contribution in [0.3, 0.4) is 0 Å². The molecule has 3 amide bonds. The van der Waals surface area contributed by atoms with Crippen LogP contribution in [0.1, 0.15) is 17.5 Å². The molecule has 11 heteroatoms. The van der Waals surface area contributed by atoms with Gasteiger partial charge in [0.15, 0.2) is 0 Å². The molecule has 2 saturated heterocycles. The zero-order valence-electron chi connectivity index (χ0n) is 15.9. The first-order valence-corrected chi connectivity index (χ1v) is 10.4. The van der Waals surface area contributed by atoms with E-state index in [0.29, 0.717) is 16.5 Å². The van der Waals surface area contributed by atoms with Crippen LogP contribution in [0.5, 0.6) is 0 Å². The maximum absolute atomic E-state index is 13.1. The van der Waals surface area contributed by atoms with Crippen LogP contribution in [0.2, 0.25) is 0 Å². The lowest BCUT2D eigenvalue weighted by molar-refractivity contribution is -0.137. The molecule has 2 aromatic rings. The summed E-state index contributed by atoms with van der Waals surface area (Å²) in [5, 5.41) is 0. The molecule has 5 nitrogen and oxygen atoms in total. The number of thioether (sulfide) groups is 1. The van der Waals surface area contributed by atoms with Gasteiger partial charge in [0.1, 0.15) is 16.2 Å². The normalized spacial score (nSPS) is 20.8. The van der Waals surface area contributed by atoms with E-state index in [1.165, 1.54) is 36.4 Å². The summed E-state index contributed by atoms with van der Waals surface area (Å²) in [7, 11) is 0. The molecule has 164 valence electrons. The molecule has 1 atom stereocenters. The van der Waals surface area contributed by atoms with Crippen molar-refractivity contribution in [3.63, 3.8) is 0 Å². The summed E-state index contributed by atoms with van der Waals surface area (Å²) in [5.41, 5.74) is -0.706. The minimum atomic E-state index is -4.65. The molecule has 32 heavy (non-hydrogen) atoms. The number of halogens is 4. The lowest BCUT2D eigenvalue weighted by Crippen LogP contribution is -2.44. The Balaban J connectivity index is 1.60. The van der Waals surface area contributed by atoms with Crippen LogP contribution < -0.4 is 4.90 Å². The van der Waals surface area contributed by atoms with Crippen LogP contribution in [0, 0.1) is 5.82 Å². The molecule has 0 bridgehead atoms. The number of alkyl halides is 3. The lowest BCUT2D eigenvalue weighted by atomic mass is 10.1. The minimum Gasteiger partial charge on any atom is -0.280 e. The molecule has 0 aromatic heterocycles. The third-order valence-corrected chi connectivity index (χ3v) is 6.19.